The third-order valence-electron chi connectivity index (χ3n) is 4.41. The summed E-state index contributed by atoms with van der Waals surface area (Å²) in [5.74, 6) is 0. The first-order chi connectivity index (χ1) is 9.87. The Hall–Kier alpha value is -0.950. The van der Waals surface area contributed by atoms with Crippen LogP contribution in [0.4, 0.5) is 0 Å². The lowest BCUT2D eigenvalue weighted by Crippen LogP contribution is -2.52. The molecule has 0 aromatic carbocycles. The van der Waals surface area contributed by atoms with Gasteiger partial charge in [-0.05, 0) is 18.8 Å². The molecule has 0 bridgehead atoms. The minimum absolute atomic E-state index is 0. The van der Waals surface area contributed by atoms with E-state index < -0.39 is 0 Å². The second-order valence-electron chi connectivity index (χ2n) is 6.68. The fourth-order valence-electron chi connectivity index (χ4n) is 3.03. The molecule has 1 fully saturated rings. The number of piperidine rings is 1. The van der Waals surface area contributed by atoms with Crippen molar-refractivity contribution >= 4 is 28.7 Å². The lowest BCUT2D eigenvalue weighted by atomic mass is 9.80. The fourth-order valence-corrected chi connectivity index (χ4v) is 3.92. The second-order valence-corrected chi connectivity index (χ2v) is 7.51. The van der Waals surface area contributed by atoms with Gasteiger partial charge in [-0.3, -0.25) is 14.1 Å². The van der Waals surface area contributed by atoms with Gasteiger partial charge in [-0.2, -0.15) is 0 Å². The Morgan fingerprint density at radius 2 is 2.23 bits per heavy atom. The number of nitrogens with two attached hydrogens (primary N) is 1. The zero-order valence-corrected chi connectivity index (χ0v) is 14.8. The molecule has 0 saturated carbocycles. The highest BCUT2D eigenvalue weighted by molar-refractivity contribution is 7.15. The smallest absolute Gasteiger partial charge is 0.259 e. The van der Waals surface area contributed by atoms with Crippen LogP contribution in [0.1, 0.15) is 31.7 Å². The number of likely N-dealkylation sites (tertiary alicyclic amines) is 1. The molecule has 22 heavy (non-hydrogen) atoms. The van der Waals surface area contributed by atoms with Crippen molar-refractivity contribution in [3.05, 3.63) is 33.2 Å². The van der Waals surface area contributed by atoms with Crippen molar-refractivity contribution in [1.82, 2.24) is 14.3 Å². The van der Waals surface area contributed by atoms with Crippen LogP contribution in [0.3, 0.4) is 0 Å². The fraction of sp³-hybridized carbons (Fsp3) is 0.600. The maximum atomic E-state index is 12.2. The summed E-state index contributed by atoms with van der Waals surface area (Å²) < 4.78 is 1.67. The Morgan fingerprint density at radius 3 is 2.91 bits per heavy atom. The molecule has 2 N–H and O–H groups in total. The number of halogens is 1. The van der Waals surface area contributed by atoms with Gasteiger partial charge in [-0.15, -0.1) is 23.7 Å². The molecule has 5 nitrogen and oxygen atoms in total. The van der Waals surface area contributed by atoms with Crippen molar-refractivity contribution in [3.8, 4) is 0 Å². The molecule has 1 saturated heterocycles. The molecule has 122 valence electrons. The number of rotatable bonds is 2. The third-order valence-corrected chi connectivity index (χ3v) is 5.35. The van der Waals surface area contributed by atoms with Crippen molar-refractivity contribution in [2.75, 3.05) is 13.1 Å². The number of hydrogen-bond acceptors (Lipinski definition) is 5. The van der Waals surface area contributed by atoms with Crippen molar-refractivity contribution in [3.63, 3.8) is 0 Å². The van der Waals surface area contributed by atoms with Gasteiger partial charge in [0.25, 0.3) is 5.56 Å². The highest BCUT2D eigenvalue weighted by atomic mass is 35.5. The molecule has 1 atom stereocenters. The maximum absolute atomic E-state index is 12.2. The summed E-state index contributed by atoms with van der Waals surface area (Å²) in [6.07, 6.45) is 0.992. The summed E-state index contributed by atoms with van der Waals surface area (Å²) in [6.45, 7) is 8.98. The van der Waals surface area contributed by atoms with E-state index in [9.17, 15) is 4.79 Å². The van der Waals surface area contributed by atoms with E-state index in [4.69, 9.17) is 5.73 Å². The molecule has 2 aromatic rings. The van der Waals surface area contributed by atoms with Crippen molar-refractivity contribution in [2.24, 2.45) is 11.1 Å². The van der Waals surface area contributed by atoms with Gasteiger partial charge in [0.05, 0.1) is 5.69 Å². The van der Waals surface area contributed by atoms with E-state index in [0.717, 1.165) is 42.4 Å². The summed E-state index contributed by atoms with van der Waals surface area (Å²) in [7, 11) is 0. The van der Waals surface area contributed by atoms with Crippen molar-refractivity contribution in [2.45, 2.75) is 39.8 Å². The summed E-state index contributed by atoms with van der Waals surface area (Å²) in [5, 5.41) is 1.97. The number of fused-ring (bicyclic) bond motifs is 1. The number of aromatic nitrogens is 2. The molecule has 0 aliphatic carbocycles. The van der Waals surface area contributed by atoms with Gasteiger partial charge in [-0.25, -0.2) is 4.98 Å². The van der Waals surface area contributed by atoms with Crippen LogP contribution in [-0.4, -0.2) is 33.4 Å². The van der Waals surface area contributed by atoms with Crippen molar-refractivity contribution < 1.29 is 0 Å². The normalized spacial score (nSPS) is 21.7. The molecule has 3 rings (SSSR count). The highest BCUT2D eigenvalue weighted by Gasteiger charge is 2.33. The van der Waals surface area contributed by atoms with Crippen LogP contribution in [0.25, 0.3) is 4.96 Å². The summed E-state index contributed by atoms with van der Waals surface area (Å²) in [4.78, 5) is 19.9. The van der Waals surface area contributed by atoms with Gasteiger partial charge in [0.2, 0.25) is 0 Å². The van der Waals surface area contributed by atoms with Gasteiger partial charge in [-0.1, -0.05) is 13.8 Å². The van der Waals surface area contributed by atoms with Crippen molar-refractivity contribution in [1.29, 1.82) is 0 Å². The van der Waals surface area contributed by atoms with Crippen LogP contribution < -0.4 is 11.3 Å². The Morgan fingerprint density at radius 1 is 1.50 bits per heavy atom. The van der Waals surface area contributed by atoms with Gasteiger partial charge >= 0.3 is 0 Å². The highest BCUT2D eigenvalue weighted by Crippen LogP contribution is 2.28. The lowest BCUT2D eigenvalue weighted by molar-refractivity contribution is 0.0889. The average Bonchev–Trinajstić information content (AvgIpc) is 2.76. The molecule has 1 unspecified atom stereocenters. The van der Waals surface area contributed by atoms with E-state index in [0.29, 0.717) is 0 Å². The minimum atomic E-state index is 0. The van der Waals surface area contributed by atoms with Gasteiger partial charge in [0, 0.05) is 42.8 Å². The molecule has 0 radical (unpaired) electrons. The van der Waals surface area contributed by atoms with Gasteiger partial charge in [0.1, 0.15) is 0 Å². The SMILES string of the molecule is Cc1csc2nc(CN3CCC(N)C(C)(C)C3)cc(=O)n12.Cl. The second kappa shape index (κ2) is 6.28. The molecule has 1 aliphatic rings. The first-order valence-corrected chi connectivity index (χ1v) is 8.19. The predicted molar refractivity (Wildman–Crippen MR) is 93.0 cm³/mol. The van der Waals surface area contributed by atoms with E-state index in [1.807, 2.05) is 12.3 Å². The monoisotopic (exact) mass is 342 g/mol. The third kappa shape index (κ3) is 3.20. The van der Waals surface area contributed by atoms with Crippen LogP contribution >= 0.6 is 23.7 Å². The maximum Gasteiger partial charge on any atom is 0.259 e. The van der Waals surface area contributed by atoms with Crippen LogP contribution in [-0.2, 0) is 6.54 Å². The van der Waals surface area contributed by atoms with Crippen LogP contribution in [0.15, 0.2) is 16.2 Å². The van der Waals surface area contributed by atoms with Crippen LogP contribution in [0, 0.1) is 12.3 Å². The zero-order chi connectivity index (χ0) is 15.2. The van der Waals surface area contributed by atoms with E-state index in [1.165, 1.54) is 11.3 Å². The number of aryl methyl sites for hydroxylation is 1. The summed E-state index contributed by atoms with van der Waals surface area (Å²) in [6, 6.07) is 1.91. The minimum Gasteiger partial charge on any atom is -0.327 e. The Kier molecular flexibility index (Phi) is 4.96. The summed E-state index contributed by atoms with van der Waals surface area (Å²) >= 11 is 1.52. The Bertz CT molecular complexity index is 724. The van der Waals surface area contributed by atoms with E-state index in [-0.39, 0.29) is 29.4 Å². The molecule has 0 amide bonds. The predicted octanol–water partition coefficient (Wildman–Crippen LogP) is 2.05. The topological polar surface area (TPSA) is 63.6 Å². The molecular formula is C15H23ClN4OS. The molecule has 2 aromatic heterocycles. The zero-order valence-electron chi connectivity index (χ0n) is 13.2. The van der Waals surface area contributed by atoms with Crippen LogP contribution in [0.2, 0.25) is 0 Å². The Labute approximate surface area is 140 Å². The van der Waals surface area contributed by atoms with E-state index in [2.05, 4.69) is 23.7 Å². The number of nitrogens with zero attached hydrogens (tertiary/aromatic N) is 3. The van der Waals surface area contributed by atoms with E-state index in [1.54, 1.807) is 10.5 Å². The molecule has 7 heteroatoms. The first-order valence-electron chi connectivity index (χ1n) is 7.31. The standard InChI is InChI=1S/C15H22N4OS.ClH/c1-10-8-21-14-17-11(6-13(20)19(10)14)7-18-5-4-12(16)15(2,3)9-18;/h6,8,12H,4-5,7,9,16H2,1-3H3;1H. The molecule has 0 spiro atoms. The Balaban J connectivity index is 0.00000176. The summed E-state index contributed by atoms with van der Waals surface area (Å²) in [5.41, 5.74) is 8.10. The van der Waals surface area contributed by atoms with E-state index >= 15 is 0 Å². The molecule has 1 aliphatic heterocycles. The first kappa shape index (κ1) is 17.4. The lowest BCUT2D eigenvalue weighted by Gasteiger charge is -2.42. The molecular weight excluding hydrogens is 320 g/mol. The number of thiazole rings is 1. The van der Waals surface area contributed by atoms with Crippen LogP contribution in [0.5, 0.6) is 0 Å². The van der Waals surface area contributed by atoms with Gasteiger partial charge < -0.3 is 5.73 Å². The van der Waals surface area contributed by atoms with Gasteiger partial charge in [0.15, 0.2) is 4.96 Å². The molecule has 3 heterocycles. The average molecular weight is 343 g/mol. The number of hydrogen-bond donors (Lipinski definition) is 1. The quantitative estimate of drug-likeness (QED) is 0.907. The largest absolute Gasteiger partial charge is 0.327 e.